The number of aliphatic hydroxyl groups is 6. The topological polar surface area (TPSA) is 279 Å². The summed E-state index contributed by atoms with van der Waals surface area (Å²) in [5.41, 5.74) is 0. The van der Waals surface area contributed by atoms with Gasteiger partial charge in [-0.2, -0.15) is 0 Å². The molecule has 2 fully saturated rings. The molecule has 0 saturated carbocycles. The molecule has 6 N–H and O–H groups in total. The van der Waals surface area contributed by atoms with Gasteiger partial charge >= 0.3 is 189 Å². The molecule has 18 nitrogen and oxygen atoms in total. The number of carbonyl (C=O) groups is 6. The van der Waals surface area contributed by atoms with Gasteiger partial charge < -0.3 is 0 Å². The van der Waals surface area contributed by atoms with Crippen LogP contribution in [0.3, 0.4) is 0 Å². The maximum absolute atomic E-state index is 11.9. The van der Waals surface area contributed by atoms with Gasteiger partial charge in [-0.1, -0.05) is 0 Å². The number of rotatable bonds is 5. The first-order chi connectivity index (χ1) is 14.8. The van der Waals surface area contributed by atoms with Crippen molar-refractivity contribution in [3.05, 3.63) is 0 Å². The molecular formula is C12H12AlO18Sb. The summed E-state index contributed by atoms with van der Waals surface area (Å²) in [6.07, 6.45) is -14.9. The molecule has 0 aromatic heterocycles. The Morgan fingerprint density at radius 1 is 0.750 bits per heavy atom. The summed E-state index contributed by atoms with van der Waals surface area (Å²) in [7, 11) is 0. The zero-order valence-corrected chi connectivity index (χ0v) is 18.8. The van der Waals surface area contributed by atoms with Crippen LogP contribution in [-0.4, -0.2) is 140 Å². The minimum absolute atomic E-state index is 1.58. The van der Waals surface area contributed by atoms with Crippen LogP contribution in [0.2, 0.25) is 0 Å². The molecule has 2 aliphatic rings. The zero-order chi connectivity index (χ0) is 24.3. The van der Waals surface area contributed by atoms with E-state index in [0.29, 0.717) is 0 Å². The fraction of sp³-hybridized carbons (Fsp3) is 0.500. The van der Waals surface area contributed by atoms with Crippen LogP contribution in [0.15, 0.2) is 0 Å². The molecule has 6 unspecified atom stereocenters. The molecule has 6 atom stereocenters. The third-order valence-corrected chi connectivity index (χ3v) is 7.57. The van der Waals surface area contributed by atoms with Gasteiger partial charge in [0.25, 0.3) is 0 Å². The van der Waals surface area contributed by atoms with Crippen molar-refractivity contribution in [2.24, 2.45) is 0 Å². The van der Waals surface area contributed by atoms with Crippen LogP contribution in [0, 0.1) is 0 Å². The molecule has 20 heteroatoms. The van der Waals surface area contributed by atoms with Gasteiger partial charge in [0.15, 0.2) is 0 Å². The number of aliphatic hydroxyl groups excluding tert-OH is 6. The second-order valence-corrected chi connectivity index (χ2v) is 9.85. The third-order valence-electron chi connectivity index (χ3n) is 3.48. The van der Waals surface area contributed by atoms with E-state index in [1.807, 2.05) is 0 Å². The van der Waals surface area contributed by atoms with E-state index in [1.54, 1.807) is 0 Å². The molecule has 32 heavy (non-hydrogen) atoms. The van der Waals surface area contributed by atoms with Gasteiger partial charge in [0.1, 0.15) is 0 Å². The second-order valence-electron chi connectivity index (χ2n) is 5.72. The molecule has 2 heterocycles. The molecule has 176 valence electrons. The van der Waals surface area contributed by atoms with Crippen LogP contribution >= 0.6 is 0 Å². The van der Waals surface area contributed by atoms with Gasteiger partial charge in [-0.05, 0) is 0 Å². The third kappa shape index (κ3) is 6.04. The quantitative estimate of drug-likeness (QED) is 0.162. The molecule has 0 aliphatic carbocycles. The average molecular weight is 593 g/mol. The zero-order valence-electron chi connectivity index (χ0n) is 15.1. The number of hydrogen-bond donors (Lipinski definition) is 6. The molecule has 0 radical (unpaired) electrons. The van der Waals surface area contributed by atoms with E-state index in [0.717, 1.165) is 0 Å². The Kier molecular flexibility index (Phi) is 8.75. The molecule has 2 rings (SSSR count). The molecule has 0 amide bonds. The first-order valence-corrected chi connectivity index (χ1v) is 12.5. The van der Waals surface area contributed by atoms with Gasteiger partial charge in [-0.3, -0.25) is 0 Å². The Bertz CT molecular complexity index is 706. The summed E-state index contributed by atoms with van der Waals surface area (Å²) in [5, 5.41) is 56.5. The van der Waals surface area contributed by atoms with Gasteiger partial charge in [-0.25, -0.2) is 0 Å². The SMILES string of the molecule is O=C1[O][Al]([O]C(=O)C(O)C(O)C(=O)[O][Sb]2[O]C(=O)C(O)C(O)C(=O)[O]2)[O]C(=O)C(O)C1O. The monoisotopic (exact) mass is 592 g/mol. The molecule has 0 bridgehead atoms. The van der Waals surface area contributed by atoms with Crippen molar-refractivity contribution in [2.75, 3.05) is 0 Å². The molecule has 2 aliphatic heterocycles. The Morgan fingerprint density at radius 2 is 1.12 bits per heavy atom. The van der Waals surface area contributed by atoms with E-state index in [1.165, 1.54) is 0 Å². The number of carbonyl (C=O) groups excluding carboxylic acids is 6. The Hall–Kier alpha value is -2.07. The molecule has 0 aromatic carbocycles. The average Bonchev–Trinajstić information content (AvgIpc) is 2.88. The predicted molar refractivity (Wildman–Crippen MR) is 84.1 cm³/mol. The van der Waals surface area contributed by atoms with Crippen LogP contribution in [0.4, 0.5) is 0 Å². The van der Waals surface area contributed by atoms with Gasteiger partial charge in [0.05, 0.1) is 0 Å². The maximum atomic E-state index is 11.9. The van der Waals surface area contributed by atoms with Crippen molar-refractivity contribution >= 4 is 72.4 Å². The minimum atomic E-state index is -4.60. The molecular weight excluding hydrogens is 581 g/mol. The molecule has 2 saturated heterocycles. The Labute approximate surface area is 188 Å². The predicted octanol–water partition coefficient (Wildman–Crippen LogP) is -7.59. The van der Waals surface area contributed by atoms with Gasteiger partial charge in [-0.15, -0.1) is 0 Å². The molecule has 0 spiro atoms. The van der Waals surface area contributed by atoms with Crippen LogP contribution in [0.5, 0.6) is 0 Å². The van der Waals surface area contributed by atoms with Gasteiger partial charge in [0.2, 0.25) is 0 Å². The van der Waals surface area contributed by atoms with Crippen molar-refractivity contribution in [1.82, 2.24) is 0 Å². The summed E-state index contributed by atoms with van der Waals surface area (Å²) in [6, 6.07) is 0. The van der Waals surface area contributed by atoms with Crippen molar-refractivity contribution in [3.63, 3.8) is 0 Å². The van der Waals surface area contributed by atoms with Crippen LogP contribution in [0.25, 0.3) is 0 Å². The Morgan fingerprint density at radius 3 is 1.56 bits per heavy atom. The van der Waals surface area contributed by atoms with E-state index in [4.69, 9.17) is 0 Å². The van der Waals surface area contributed by atoms with E-state index in [9.17, 15) is 59.4 Å². The van der Waals surface area contributed by atoms with E-state index in [-0.39, 0.29) is 0 Å². The Balaban J connectivity index is 1.97. The molecule has 0 aromatic rings. The van der Waals surface area contributed by atoms with Crippen molar-refractivity contribution in [2.45, 2.75) is 36.6 Å². The van der Waals surface area contributed by atoms with Gasteiger partial charge in [0, 0.05) is 0 Å². The first kappa shape index (κ1) is 26.2. The summed E-state index contributed by atoms with van der Waals surface area (Å²) in [5.74, 6) is -10.1. The standard InChI is InChI=1S/3C4H6O6.Al.Sb/c3*5-1(3(7)8)2(6)4(9)10;;/h3*1-2,5-6H,(H,7,8)(H,9,10);;/q;;;2*+3/p-6. The normalized spacial score (nSPS) is 28.8. The van der Waals surface area contributed by atoms with Crippen molar-refractivity contribution in [3.8, 4) is 0 Å². The van der Waals surface area contributed by atoms with E-state index in [2.05, 4.69) is 20.4 Å². The summed E-state index contributed by atoms with van der Waals surface area (Å²) >= 11 is -8.70. The first-order valence-electron chi connectivity index (χ1n) is 7.99. The van der Waals surface area contributed by atoms with Crippen LogP contribution in [0.1, 0.15) is 0 Å². The van der Waals surface area contributed by atoms with Crippen molar-refractivity contribution < 1.29 is 79.8 Å². The van der Waals surface area contributed by atoms with E-state index < -0.39 is 109 Å². The number of hydrogen-bond acceptors (Lipinski definition) is 18. The fourth-order valence-corrected chi connectivity index (χ4v) is 5.41. The summed E-state index contributed by atoms with van der Waals surface area (Å²) in [6.45, 7) is 0. The summed E-state index contributed by atoms with van der Waals surface area (Å²) < 4.78 is 26.2. The van der Waals surface area contributed by atoms with Crippen molar-refractivity contribution in [1.29, 1.82) is 0 Å². The fourth-order valence-electron chi connectivity index (χ4n) is 1.78. The summed E-state index contributed by atoms with van der Waals surface area (Å²) in [4.78, 5) is 69.3. The van der Waals surface area contributed by atoms with Crippen LogP contribution in [-0.2, 0) is 49.2 Å². The van der Waals surface area contributed by atoms with Crippen LogP contribution < -0.4 is 0 Å². The van der Waals surface area contributed by atoms with E-state index >= 15 is 0 Å². The second kappa shape index (κ2) is 10.7.